The van der Waals surface area contributed by atoms with Crippen LogP contribution in [0.5, 0.6) is 12.0 Å². The Morgan fingerprint density at radius 1 is 0.662 bits per heavy atom. The van der Waals surface area contributed by atoms with Gasteiger partial charge >= 0.3 is 29.1 Å². The molecule has 4 aromatic heterocycles. The summed E-state index contributed by atoms with van der Waals surface area (Å²) in [7, 11) is -7.92. The number of ether oxygens (including phenoxy) is 4. The smallest absolute Gasteiger partial charge is 0.335 e. The summed E-state index contributed by atoms with van der Waals surface area (Å²) in [5, 5.41) is 30.9. The van der Waals surface area contributed by atoms with Crippen molar-refractivity contribution < 1.29 is 51.7 Å². The minimum atomic E-state index is -2.95. The fraction of sp³-hybridized carbons (Fsp3) is 0.593. The lowest BCUT2D eigenvalue weighted by molar-refractivity contribution is -0.0565. The molecule has 9 rings (SSSR count). The van der Waals surface area contributed by atoms with Crippen molar-refractivity contribution in [1.82, 2.24) is 39.0 Å². The van der Waals surface area contributed by atoms with Crippen LogP contribution in [0.1, 0.15) is 99.7 Å². The normalized spacial score (nSPS) is 23.9. The number of fused-ring (bicyclic) bond motifs is 3. The molecule has 0 bridgehead atoms. The number of hydrogen-bond donors (Lipinski definition) is 5. The molecule has 0 radical (unpaired) electrons. The summed E-state index contributed by atoms with van der Waals surface area (Å²) in [6.07, 6.45) is -1.86. The maximum absolute atomic E-state index is 10.3. The molecule has 3 aliphatic heterocycles. The summed E-state index contributed by atoms with van der Waals surface area (Å²) in [5.41, 5.74) is 17.0. The molecule has 3 saturated heterocycles. The Morgan fingerprint density at radius 2 is 1.12 bits per heavy atom. The van der Waals surface area contributed by atoms with E-state index in [2.05, 4.69) is 101 Å². The van der Waals surface area contributed by atoms with E-state index in [0.717, 1.165) is 29.3 Å². The van der Waals surface area contributed by atoms with Gasteiger partial charge in [0, 0.05) is 22.9 Å². The summed E-state index contributed by atoms with van der Waals surface area (Å²) >= 11 is 11.9. The quantitative estimate of drug-likeness (QED) is 0.0445. The molecule has 3 fully saturated rings. The Hall–Kier alpha value is -4.39. The minimum absolute atomic E-state index is 0.0532. The number of aliphatic hydroxyl groups is 3. The first-order valence-corrected chi connectivity index (χ1v) is 35.1. The third-order valence-corrected chi connectivity index (χ3v) is 31.3. The van der Waals surface area contributed by atoms with E-state index in [4.69, 9.17) is 76.0 Å². The molecule has 26 heteroatoms. The van der Waals surface area contributed by atoms with Crippen molar-refractivity contribution in [2.75, 3.05) is 37.9 Å². The summed E-state index contributed by atoms with van der Waals surface area (Å²) < 4.78 is 57.3. The zero-order valence-electron chi connectivity index (χ0n) is 47.7. The second-order valence-corrected chi connectivity index (χ2v) is 36.5. The van der Waals surface area contributed by atoms with Gasteiger partial charge in [0.1, 0.15) is 36.6 Å². The highest BCUT2D eigenvalue weighted by Crippen LogP contribution is 2.50. The van der Waals surface area contributed by atoms with Crippen LogP contribution in [0.25, 0.3) is 22.3 Å². The molecule has 0 unspecified atom stereocenters. The number of rotatable bonds is 20. The number of nitrogens with zero attached hydrogens (tertiary/aromatic N) is 8. The van der Waals surface area contributed by atoms with E-state index < -0.39 is 75.0 Å². The number of imidazole rings is 2. The van der Waals surface area contributed by atoms with Gasteiger partial charge in [0.15, 0.2) is 54.7 Å². The van der Waals surface area contributed by atoms with Crippen LogP contribution >= 0.6 is 23.2 Å². The van der Waals surface area contributed by atoms with E-state index in [0.29, 0.717) is 59.4 Å². The number of benzene rings is 2. The monoisotopic (exact) mass is 1200 g/mol. The minimum Gasteiger partial charge on any atom is -0.463 e. The van der Waals surface area contributed by atoms with E-state index >= 15 is 0 Å². The molecular formula is C54H80Cl2N10O11Si3. The highest BCUT2D eigenvalue weighted by molar-refractivity contribution is 6.84. The first-order chi connectivity index (χ1) is 38.1. The lowest BCUT2D eigenvalue weighted by Crippen LogP contribution is -2.66. The fourth-order valence-electron chi connectivity index (χ4n) is 11.0. The van der Waals surface area contributed by atoms with Gasteiger partial charge in [-0.15, -0.1) is 0 Å². The van der Waals surface area contributed by atoms with E-state index in [-0.39, 0.29) is 57.6 Å². The summed E-state index contributed by atoms with van der Waals surface area (Å²) in [6, 6.07) is 18.3. The summed E-state index contributed by atoms with van der Waals surface area (Å²) in [4.78, 5) is 26.6. The standard InChI is InChI=1S/C36H60ClN5O6Si3.C18H20ClN5O5/c1-12-49(13-2,14-3)46-32-31-29(21-44-50(23(4)5,24(6)7)48-51(47-31,25(8)9)26(10)11)45-35(32)42-22-39-30-33(38)40-36(41-34(30)42)43-20-19-27-15-17-28(37)18-16-27;19-10-3-1-9(2-4-10)5-6-28-18-22-15(20)12-16(23-18)24(8-21-12)17-14(27)13(26)11(7-25)29-17/h15-18,22-26,29,31-32,35H,12-14,19-21H2,1-11H3,(H2,38,40,41);1-4,8,11,13-14,17,25-27H,5-7H2,(H2,20,22,23)/t29-,31-,32-,35-;11-,13-,14-,17-/m11/s1. The van der Waals surface area contributed by atoms with Gasteiger partial charge in [0.25, 0.3) is 0 Å². The van der Waals surface area contributed by atoms with Gasteiger partial charge in [-0.3, -0.25) is 9.13 Å². The average molecular weight is 1200 g/mol. The predicted octanol–water partition coefficient (Wildman–Crippen LogP) is 9.22. The van der Waals surface area contributed by atoms with E-state index in [1.165, 1.54) is 10.9 Å². The molecule has 8 atom stereocenters. The second kappa shape index (κ2) is 26.0. The van der Waals surface area contributed by atoms with Crippen LogP contribution < -0.4 is 20.9 Å². The second-order valence-electron chi connectivity index (χ2n) is 22.1. The van der Waals surface area contributed by atoms with Crippen LogP contribution in [0.4, 0.5) is 11.6 Å². The van der Waals surface area contributed by atoms with Gasteiger partial charge in [-0.2, -0.15) is 19.9 Å². The van der Waals surface area contributed by atoms with Crippen molar-refractivity contribution in [3.05, 3.63) is 82.4 Å². The number of aliphatic hydroxyl groups excluding tert-OH is 3. The Labute approximate surface area is 481 Å². The number of hydrogen-bond acceptors (Lipinski definition) is 19. The van der Waals surface area contributed by atoms with Crippen molar-refractivity contribution in [1.29, 1.82) is 0 Å². The average Bonchev–Trinajstić information content (AvgIpc) is 4.38. The lowest BCUT2D eigenvalue weighted by Gasteiger charge is -2.51. The Morgan fingerprint density at radius 3 is 1.55 bits per heavy atom. The molecule has 7 N–H and O–H groups in total. The Bertz CT molecular complexity index is 2970. The Kier molecular flexibility index (Phi) is 20.1. The third kappa shape index (κ3) is 12.7. The first kappa shape index (κ1) is 61.7. The number of nitrogen functional groups attached to an aromatic ring is 2. The lowest BCUT2D eigenvalue weighted by atomic mass is 10.1. The van der Waals surface area contributed by atoms with Gasteiger partial charge in [-0.25, -0.2) is 9.97 Å². The zero-order valence-corrected chi connectivity index (χ0v) is 52.2. The highest BCUT2D eigenvalue weighted by Gasteiger charge is 2.63. The van der Waals surface area contributed by atoms with Crippen molar-refractivity contribution in [2.24, 2.45) is 0 Å². The molecule has 6 aromatic rings. The molecule has 438 valence electrons. The van der Waals surface area contributed by atoms with Gasteiger partial charge in [-0.1, -0.05) is 124 Å². The van der Waals surface area contributed by atoms with Crippen LogP contribution in [-0.2, 0) is 39.7 Å². The molecule has 2 aromatic carbocycles. The molecule has 80 heavy (non-hydrogen) atoms. The zero-order chi connectivity index (χ0) is 57.8. The third-order valence-electron chi connectivity index (χ3n) is 15.9. The highest BCUT2D eigenvalue weighted by atomic mass is 35.5. The van der Waals surface area contributed by atoms with Crippen molar-refractivity contribution in [3.8, 4) is 12.0 Å². The van der Waals surface area contributed by atoms with Crippen LogP contribution in [-0.4, -0.2) is 143 Å². The number of anilines is 2. The molecule has 21 nitrogen and oxygen atoms in total. The van der Waals surface area contributed by atoms with Gasteiger partial charge < -0.3 is 63.1 Å². The SMILES string of the molecule is CC[Si](CC)(CC)O[C@@H]1[C@@H]2O[Si](C(C)C)(C(C)C)O[Si](C(C)C)(C(C)C)OC[C@H]2O[C@H]1n1cnc2c(N)nc(OCCc3ccc(Cl)cc3)nc21.Nc1nc(OCCc2ccc(Cl)cc2)nc2c1ncn2[C@@H]1O[C@H](CO)[C@@H](O)[C@H]1O. The van der Waals surface area contributed by atoms with Crippen LogP contribution in [0.3, 0.4) is 0 Å². The summed E-state index contributed by atoms with van der Waals surface area (Å²) in [5.74, 6) is 0.354. The number of halogens is 2. The molecule has 7 heterocycles. The van der Waals surface area contributed by atoms with Crippen molar-refractivity contribution >= 4 is 82.6 Å². The molecule has 0 amide bonds. The van der Waals surface area contributed by atoms with Crippen LogP contribution in [0, 0.1) is 0 Å². The predicted molar refractivity (Wildman–Crippen MR) is 314 cm³/mol. The van der Waals surface area contributed by atoms with Crippen molar-refractivity contribution in [2.45, 2.75) is 178 Å². The van der Waals surface area contributed by atoms with Crippen molar-refractivity contribution in [3.63, 3.8) is 0 Å². The maximum Gasteiger partial charge on any atom is 0.335 e. The van der Waals surface area contributed by atoms with Crippen LogP contribution in [0.15, 0.2) is 61.2 Å². The molecule has 3 aliphatic rings. The molecule has 0 aliphatic carbocycles. The number of nitrogens with two attached hydrogens (primary N) is 2. The first-order valence-electron chi connectivity index (χ1n) is 27.9. The van der Waals surface area contributed by atoms with E-state index in [1.54, 1.807) is 18.5 Å². The molecule has 0 spiro atoms. The van der Waals surface area contributed by atoms with E-state index in [1.807, 2.05) is 41.0 Å². The molecular weight excluding hydrogens is 1120 g/mol. The topological polar surface area (TPSA) is 274 Å². The van der Waals surface area contributed by atoms with Gasteiger partial charge in [0.05, 0.1) is 39.1 Å². The van der Waals surface area contributed by atoms with Gasteiger partial charge in [-0.05, 0) is 75.7 Å². The van der Waals surface area contributed by atoms with E-state index in [9.17, 15) is 15.3 Å². The fourth-order valence-corrected chi connectivity index (χ4v) is 25.3. The molecule has 0 saturated carbocycles. The van der Waals surface area contributed by atoms with Gasteiger partial charge in [0.2, 0.25) is 0 Å². The Balaban J connectivity index is 0.000000244. The number of aromatic nitrogens is 8. The summed E-state index contributed by atoms with van der Waals surface area (Å²) in [6.45, 7) is 25.2. The largest absolute Gasteiger partial charge is 0.463 e. The van der Waals surface area contributed by atoms with Crippen LogP contribution in [0.2, 0.25) is 50.3 Å². The maximum atomic E-state index is 10.3.